The molecular weight excluding hydrogens is 420 g/mol. The molecule has 0 bridgehead atoms. The van der Waals surface area contributed by atoms with Gasteiger partial charge in [0.1, 0.15) is 11.6 Å². The number of hydrogen-bond acceptors (Lipinski definition) is 9. The first-order chi connectivity index (χ1) is 16.0. The average molecular weight is 447 g/mol. The number of aromatic amines is 1. The molecule has 4 N–H and O–H groups in total. The van der Waals surface area contributed by atoms with Crippen LogP contribution in [0, 0.1) is 6.92 Å². The molecule has 1 aliphatic rings. The number of nitrogens with one attached hydrogen (secondary N) is 4. The van der Waals surface area contributed by atoms with E-state index in [0.29, 0.717) is 28.9 Å². The number of aryl methyl sites for hydroxylation is 1. The summed E-state index contributed by atoms with van der Waals surface area (Å²) in [6.45, 7) is 4.00. The van der Waals surface area contributed by atoms with Crippen molar-refractivity contribution in [3.63, 3.8) is 0 Å². The second-order valence-electron chi connectivity index (χ2n) is 8.22. The van der Waals surface area contributed by atoms with Crippen LogP contribution in [0.3, 0.4) is 0 Å². The first-order valence-corrected chi connectivity index (χ1v) is 11.0. The number of hydrogen-bond donors (Lipinski definition) is 4. The summed E-state index contributed by atoms with van der Waals surface area (Å²) in [6, 6.07) is 9.81. The van der Waals surface area contributed by atoms with Crippen molar-refractivity contribution in [1.82, 2.24) is 25.3 Å². The second-order valence-corrected chi connectivity index (χ2v) is 8.22. The topological polar surface area (TPSA) is 124 Å². The van der Waals surface area contributed by atoms with E-state index in [-0.39, 0.29) is 0 Å². The van der Waals surface area contributed by atoms with Gasteiger partial charge in [-0.25, -0.2) is 14.8 Å². The van der Waals surface area contributed by atoms with Gasteiger partial charge in [-0.1, -0.05) is 0 Å². The summed E-state index contributed by atoms with van der Waals surface area (Å²) >= 11 is 0. The lowest BCUT2D eigenvalue weighted by molar-refractivity contribution is 0.443. The molecule has 0 spiro atoms. The normalized spacial score (nSPS) is 16.0. The van der Waals surface area contributed by atoms with Crippen molar-refractivity contribution in [1.29, 1.82) is 0 Å². The molecule has 1 atom stereocenters. The van der Waals surface area contributed by atoms with Crippen LogP contribution < -0.4 is 26.6 Å². The molecular formula is C23H26N8O2. The maximum absolute atomic E-state index is 11.4. The number of likely N-dealkylation sites (N-methyl/N-ethyl adjacent to an activating group) is 1. The molecule has 0 radical (unpaired) electrons. The number of pyridine rings is 1. The van der Waals surface area contributed by atoms with E-state index in [1.165, 1.54) is 12.8 Å². The number of oxazole rings is 1. The van der Waals surface area contributed by atoms with Crippen LogP contribution in [-0.2, 0) is 0 Å². The Bertz CT molecular complexity index is 1310. The van der Waals surface area contributed by atoms with Crippen LogP contribution in [0.5, 0.6) is 0 Å². The highest BCUT2D eigenvalue weighted by Crippen LogP contribution is 2.24. The second kappa shape index (κ2) is 8.91. The van der Waals surface area contributed by atoms with Gasteiger partial charge in [-0.05, 0) is 56.6 Å². The first-order valence-electron chi connectivity index (χ1n) is 11.0. The van der Waals surface area contributed by atoms with Gasteiger partial charge in [0.15, 0.2) is 5.58 Å². The number of anilines is 5. The molecule has 10 heteroatoms. The Kier molecular flexibility index (Phi) is 5.66. The third-order valence-electron chi connectivity index (χ3n) is 5.84. The van der Waals surface area contributed by atoms with Gasteiger partial charge in [-0.2, -0.15) is 4.98 Å². The molecule has 4 aromatic rings. The number of nitrogens with zero attached hydrogens (tertiary/aromatic N) is 4. The summed E-state index contributed by atoms with van der Waals surface area (Å²) in [4.78, 5) is 29.9. The van der Waals surface area contributed by atoms with Crippen LogP contribution in [0.2, 0.25) is 0 Å². The Labute approximate surface area is 190 Å². The standard InChI is InChI=1S/C23H26N8O2/c1-14-11-26-22(30-21(14)27-15-5-7-19-18(10-15)29-23(32)33-19)28-16-6-8-20(25-12-16)31(2)17-4-3-9-24-13-17/h5-8,10-12,17,24H,3-4,9,13H2,1-2H3,(H,29,32)(H2,26,27,28,30)/t17-/m0/s1. The summed E-state index contributed by atoms with van der Waals surface area (Å²) in [5, 5.41) is 9.94. The van der Waals surface area contributed by atoms with Crippen molar-refractivity contribution in [2.75, 3.05) is 35.7 Å². The van der Waals surface area contributed by atoms with Gasteiger partial charge in [0.05, 0.1) is 17.4 Å². The van der Waals surface area contributed by atoms with E-state index >= 15 is 0 Å². The van der Waals surface area contributed by atoms with Crippen LogP contribution >= 0.6 is 0 Å². The molecule has 1 saturated heterocycles. The van der Waals surface area contributed by atoms with E-state index in [1.807, 2.05) is 25.1 Å². The number of rotatable bonds is 6. The summed E-state index contributed by atoms with van der Waals surface area (Å²) in [5.74, 6) is 1.58. The maximum atomic E-state index is 11.4. The third-order valence-corrected chi connectivity index (χ3v) is 5.84. The summed E-state index contributed by atoms with van der Waals surface area (Å²) in [6.07, 6.45) is 5.90. The summed E-state index contributed by atoms with van der Waals surface area (Å²) in [5.41, 5.74) is 3.60. The predicted octanol–water partition coefficient (Wildman–Crippen LogP) is 3.29. The van der Waals surface area contributed by atoms with Crippen LogP contribution in [0.25, 0.3) is 11.1 Å². The van der Waals surface area contributed by atoms with E-state index in [9.17, 15) is 4.79 Å². The fraction of sp³-hybridized carbons (Fsp3) is 0.304. The van der Waals surface area contributed by atoms with E-state index < -0.39 is 5.76 Å². The van der Waals surface area contributed by atoms with Crippen molar-refractivity contribution in [2.24, 2.45) is 0 Å². The highest BCUT2D eigenvalue weighted by molar-refractivity contribution is 5.78. The number of aromatic nitrogens is 4. The minimum absolute atomic E-state index is 0.457. The van der Waals surface area contributed by atoms with Crippen LogP contribution in [-0.4, -0.2) is 46.1 Å². The molecule has 170 valence electrons. The van der Waals surface area contributed by atoms with Crippen molar-refractivity contribution in [3.05, 3.63) is 58.8 Å². The molecule has 0 saturated carbocycles. The fourth-order valence-corrected chi connectivity index (χ4v) is 3.94. The molecule has 4 heterocycles. The molecule has 0 unspecified atom stereocenters. The lowest BCUT2D eigenvalue weighted by Crippen LogP contribution is -2.44. The number of fused-ring (bicyclic) bond motifs is 1. The van der Waals surface area contributed by atoms with Crippen molar-refractivity contribution in [2.45, 2.75) is 25.8 Å². The Morgan fingerprint density at radius 1 is 1.12 bits per heavy atom. The van der Waals surface area contributed by atoms with Gasteiger partial charge in [-0.15, -0.1) is 0 Å². The summed E-state index contributed by atoms with van der Waals surface area (Å²) < 4.78 is 5.05. The highest BCUT2D eigenvalue weighted by Gasteiger charge is 2.18. The smallest absolute Gasteiger partial charge is 0.408 e. The van der Waals surface area contributed by atoms with Gasteiger partial charge in [-0.3, -0.25) is 4.98 Å². The highest BCUT2D eigenvalue weighted by atomic mass is 16.4. The predicted molar refractivity (Wildman–Crippen MR) is 129 cm³/mol. The molecule has 1 aromatic carbocycles. The Balaban J connectivity index is 1.29. The fourth-order valence-electron chi connectivity index (χ4n) is 3.94. The van der Waals surface area contributed by atoms with Crippen LogP contribution in [0.4, 0.5) is 29.0 Å². The monoisotopic (exact) mass is 446 g/mol. The third kappa shape index (κ3) is 4.65. The number of benzene rings is 1. The molecule has 0 aliphatic carbocycles. The zero-order chi connectivity index (χ0) is 22.8. The first kappa shape index (κ1) is 21.0. The molecule has 10 nitrogen and oxygen atoms in total. The number of H-pyrrole nitrogens is 1. The maximum Gasteiger partial charge on any atom is 0.417 e. The van der Waals surface area contributed by atoms with Gasteiger partial charge < -0.3 is 25.3 Å². The lowest BCUT2D eigenvalue weighted by atomic mass is 10.1. The molecule has 5 rings (SSSR count). The zero-order valence-corrected chi connectivity index (χ0v) is 18.6. The zero-order valence-electron chi connectivity index (χ0n) is 18.6. The molecule has 33 heavy (non-hydrogen) atoms. The number of piperidine rings is 1. The molecule has 0 amide bonds. The lowest BCUT2D eigenvalue weighted by Gasteiger charge is -2.32. The van der Waals surface area contributed by atoms with Crippen molar-refractivity contribution >= 4 is 40.1 Å². The van der Waals surface area contributed by atoms with E-state index in [4.69, 9.17) is 4.42 Å². The van der Waals surface area contributed by atoms with Gasteiger partial charge >= 0.3 is 5.76 Å². The minimum atomic E-state index is -0.479. The van der Waals surface area contributed by atoms with Gasteiger partial charge in [0, 0.05) is 37.1 Å². The Morgan fingerprint density at radius 2 is 2.00 bits per heavy atom. The van der Waals surface area contributed by atoms with E-state index in [2.05, 4.69) is 47.8 Å². The van der Waals surface area contributed by atoms with Gasteiger partial charge in [0.2, 0.25) is 5.95 Å². The van der Waals surface area contributed by atoms with E-state index in [0.717, 1.165) is 35.8 Å². The molecule has 1 aliphatic heterocycles. The SMILES string of the molecule is Cc1cnc(Nc2ccc(N(C)[C@H]3CCCNC3)nc2)nc1Nc1ccc2oc(=O)[nH]c2c1. The summed E-state index contributed by atoms with van der Waals surface area (Å²) in [7, 11) is 2.09. The van der Waals surface area contributed by atoms with E-state index in [1.54, 1.807) is 24.5 Å². The largest absolute Gasteiger partial charge is 0.417 e. The van der Waals surface area contributed by atoms with Crippen molar-refractivity contribution < 1.29 is 4.42 Å². The Hall–Kier alpha value is -3.92. The van der Waals surface area contributed by atoms with Crippen LogP contribution in [0.15, 0.2) is 51.9 Å². The molecule has 1 fully saturated rings. The van der Waals surface area contributed by atoms with Crippen LogP contribution in [0.1, 0.15) is 18.4 Å². The molecule has 3 aromatic heterocycles. The van der Waals surface area contributed by atoms with Crippen molar-refractivity contribution in [3.8, 4) is 0 Å². The Morgan fingerprint density at radius 3 is 2.79 bits per heavy atom. The average Bonchev–Trinajstić information content (AvgIpc) is 3.21. The minimum Gasteiger partial charge on any atom is -0.408 e. The van der Waals surface area contributed by atoms with Gasteiger partial charge in [0.25, 0.3) is 0 Å². The quantitative estimate of drug-likeness (QED) is 0.353.